The predicted molar refractivity (Wildman–Crippen MR) is 53.2 cm³/mol. The van der Waals surface area contributed by atoms with Gasteiger partial charge in [0.05, 0.1) is 28.4 Å². The van der Waals surface area contributed by atoms with Crippen LogP contribution in [0.3, 0.4) is 0 Å². The first-order valence-electron chi connectivity index (χ1n) is 3.21. The fourth-order valence-corrected chi connectivity index (χ4v) is 1.99. The Morgan fingerprint density at radius 1 is 1.25 bits per heavy atom. The lowest BCUT2D eigenvalue weighted by Crippen LogP contribution is -2.69. The van der Waals surface area contributed by atoms with Crippen LogP contribution in [-0.4, -0.2) is 32.2 Å². The van der Waals surface area contributed by atoms with E-state index < -0.39 is 18.5 Å². The standard InChI is InChI=1S/C4H10Br2N6/c5-11-2(8)1(7)3(9)12(6)4(11)10/h1-2,4,9H,7-8,10H2. The fourth-order valence-electron chi connectivity index (χ4n) is 0.873. The van der Waals surface area contributed by atoms with E-state index in [9.17, 15) is 0 Å². The summed E-state index contributed by atoms with van der Waals surface area (Å²) in [5.41, 5.74) is 16.9. The molecule has 12 heavy (non-hydrogen) atoms. The van der Waals surface area contributed by atoms with Gasteiger partial charge >= 0.3 is 0 Å². The Bertz CT molecular complexity index is 180. The zero-order chi connectivity index (χ0) is 9.46. The second kappa shape index (κ2) is 3.56. The monoisotopic (exact) mass is 300 g/mol. The molecule has 0 aliphatic carbocycles. The van der Waals surface area contributed by atoms with Crippen LogP contribution in [0.15, 0.2) is 0 Å². The number of nitrogens with zero attached hydrogens (tertiary/aromatic N) is 2. The lowest BCUT2D eigenvalue weighted by Gasteiger charge is -2.42. The van der Waals surface area contributed by atoms with E-state index in [2.05, 4.69) is 32.3 Å². The number of hydrogen-bond donors (Lipinski definition) is 4. The number of nitrogens with two attached hydrogens (primary N) is 3. The molecule has 8 heteroatoms. The molecule has 0 radical (unpaired) electrons. The summed E-state index contributed by atoms with van der Waals surface area (Å²) in [7, 11) is 0. The van der Waals surface area contributed by atoms with Crippen LogP contribution in [0.2, 0.25) is 0 Å². The van der Waals surface area contributed by atoms with Gasteiger partial charge in [0.1, 0.15) is 5.84 Å². The SMILES string of the molecule is N=C1C(N)C(N)N(Br)C(N)N1Br. The van der Waals surface area contributed by atoms with Gasteiger partial charge in [-0.25, -0.2) is 0 Å². The molecule has 1 rings (SSSR count). The molecule has 3 atom stereocenters. The highest BCUT2D eigenvalue weighted by Gasteiger charge is 2.38. The smallest absolute Gasteiger partial charge is 0.157 e. The van der Waals surface area contributed by atoms with Crippen molar-refractivity contribution in [3.05, 3.63) is 0 Å². The van der Waals surface area contributed by atoms with E-state index in [0.29, 0.717) is 0 Å². The van der Waals surface area contributed by atoms with Crippen LogP contribution in [0.1, 0.15) is 0 Å². The van der Waals surface area contributed by atoms with E-state index in [1.807, 2.05) is 0 Å². The Kier molecular flexibility index (Phi) is 3.07. The van der Waals surface area contributed by atoms with E-state index in [0.717, 1.165) is 0 Å². The summed E-state index contributed by atoms with van der Waals surface area (Å²) in [6, 6.07) is -0.552. The normalized spacial score (nSPS) is 38.9. The molecule has 0 bridgehead atoms. The zero-order valence-corrected chi connectivity index (χ0v) is 9.29. The first kappa shape index (κ1) is 10.4. The summed E-state index contributed by atoms with van der Waals surface area (Å²) >= 11 is 6.27. The minimum Gasteiger partial charge on any atom is -0.319 e. The largest absolute Gasteiger partial charge is 0.319 e. The van der Waals surface area contributed by atoms with Crippen LogP contribution >= 0.6 is 32.3 Å². The van der Waals surface area contributed by atoms with Crippen LogP contribution < -0.4 is 17.2 Å². The minimum absolute atomic E-state index is 0.172. The molecule has 7 N–H and O–H groups in total. The summed E-state index contributed by atoms with van der Waals surface area (Å²) < 4.78 is 2.88. The Morgan fingerprint density at radius 3 is 2.25 bits per heavy atom. The molecule has 0 saturated carbocycles. The van der Waals surface area contributed by atoms with Crippen LogP contribution in [0.4, 0.5) is 0 Å². The third-order valence-corrected chi connectivity index (χ3v) is 3.38. The average Bonchev–Trinajstić information content (AvgIpc) is 2.08. The maximum Gasteiger partial charge on any atom is 0.157 e. The second-order valence-corrected chi connectivity index (χ2v) is 4.05. The quantitative estimate of drug-likeness (QED) is 0.432. The highest BCUT2D eigenvalue weighted by atomic mass is 79.9. The Labute approximate surface area is 87.2 Å². The maximum absolute atomic E-state index is 7.50. The Morgan fingerprint density at radius 2 is 1.75 bits per heavy atom. The number of amidine groups is 1. The van der Waals surface area contributed by atoms with Gasteiger partial charge in [-0.1, -0.05) is 0 Å². The van der Waals surface area contributed by atoms with Crippen LogP contribution in [0, 0.1) is 5.41 Å². The number of nitrogens with one attached hydrogen (secondary N) is 1. The van der Waals surface area contributed by atoms with Crippen molar-refractivity contribution in [1.29, 1.82) is 5.41 Å². The lowest BCUT2D eigenvalue weighted by atomic mass is 10.2. The molecule has 0 aromatic carbocycles. The molecule has 3 unspecified atom stereocenters. The Hall–Kier alpha value is 0.270. The van der Waals surface area contributed by atoms with Gasteiger partial charge in [0, 0.05) is 16.1 Å². The molecule has 1 aliphatic rings. The molecule has 0 aromatic rings. The molecule has 6 nitrogen and oxygen atoms in total. The molecule has 1 fully saturated rings. The van der Waals surface area contributed by atoms with Crippen molar-refractivity contribution in [3.8, 4) is 0 Å². The summed E-state index contributed by atoms with van der Waals surface area (Å²) in [6.45, 7) is 0. The van der Waals surface area contributed by atoms with Gasteiger partial charge in [-0.2, -0.15) is 3.93 Å². The summed E-state index contributed by atoms with van der Waals surface area (Å²) in [5, 5.41) is 7.50. The molecule has 0 amide bonds. The van der Waals surface area contributed by atoms with Crippen molar-refractivity contribution in [1.82, 2.24) is 7.85 Å². The molecular weight excluding hydrogens is 292 g/mol. The summed E-state index contributed by atoms with van der Waals surface area (Å²) in [5.74, 6) is 0.172. The topological polar surface area (TPSA) is 108 Å². The van der Waals surface area contributed by atoms with Gasteiger partial charge in [0.2, 0.25) is 0 Å². The van der Waals surface area contributed by atoms with Crippen molar-refractivity contribution in [3.63, 3.8) is 0 Å². The van der Waals surface area contributed by atoms with Gasteiger partial charge in [-0.05, 0) is 0 Å². The first-order chi connectivity index (χ1) is 5.46. The number of halogens is 2. The van der Waals surface area contributed by atoms with Crippen molar-refractivity contribution in [2.24, 2.45) is 17.2 Å². The molecule has 70 valence electrons. The van der Waals surface area contributed by atoms with E-state index in [-0.39, 0.29) is 5.84 Å². The molecule has 1 saturated heterocycles. The fraction of sp³-hybridized carbons (Fsp3) is 0.750. The molecule has 1 heterocycles. The Balaban J connectivity index is 2.83. The molecular formula is C4H10Br2N6. The first-order valence-corrected chi connectivity index (χ1v) is 4.63. The third-order valence-electron chi connectivity index (χ3n) is 1.68. The van der Waals surface area contributed by atoms with E-state index in [1.54, 1.807) is 0 Å². The number of hydrogen-bond acceptors (Lipinski definition) is 5. The van der Waals surface area contributed by atoms with Crippen LogP contribution in [-0.2, 0) is 0 Å². The third kappa shape index (κ3) is 1.50. The summed E-state index contributed by atoms with van der Waals surface area (Å²) in [6.07, 6.45) is -1.01. The van der Waals surface area contributed by atoms with Gasteiger partial charge in [-0.15, -0.1) is 0 Å². The van der Waals surface area contributed by atoms with Crippen molar-refractivity contribution < 1.29 is 0 Å². The predicted octanol–water partition coefficient (Wildman–Crippen LogP) is -0.945. The van der Waals surface area contributed by atoms with Crippen molar-refractivity contribution in [2.75, 3.05) is 0 Å². The van der Waals surface area contributed by atoms with E-state index in [1.165, 1.54) is 7.85 Å². The van der Waals surface area contributed by atoms with Gasteiger partial charge in [0.15, 0.2) is 6.29 Å². The minimum atomic E-state index is -0.552. The summed E-state index contributed by atoms with van der Waals surface area (Å²) in [4.78, 5) is 0. The van der Waals surface area contributed by atoms with Gasteiger partial charge < -0.3 is 11.5 Å². The molecule has 0 spiro atoms. The maximum atomic E-state index is 7.50. The molecule has 1 aliphatic heterocycles. The van der Waals surface area contributed by atoms with Gasteiger partial charge in [-0.3, -0.25) is 15.1 Å². The van der Waals surface area contributed by atoms with Crippen LogP contribution in [0.25, 0.3) is 0 Å². The van der Waals surface area contributed by atoms with Gasteiger partial charge in [0.25, 0.3) is 0 Å². The second-order valence-electron chi connectivity index (χ2n) is 2.47. The average molecular weight is 302 g/mol. The number of rotatable bonds is 0. The highest BCUT2D eigenvalue weighted by Crippen LogP contribution is 2.21. The lowest BCUT2D eigenvalue weighted by molar-refractivity contribution is 0.186. The van der Waals surface area contributed by atoms with Crippen molar-refractivity contribution in [2.45, 2.75) is 18.5 Å². The van der Waals surface area contributed by atoms with Crippen LogP contribution in [0.5, 0.6) is 0 Å². The zero-order valence-electron chi connectivity index (χ0n) is 6.11. The highest BCUT2D eigenvalue weighted by molar-refractivity contribution is 9.08. The van der Waals surface area contributed by atoms with E-state index >= 15 is 0 Å². The van der Waals surface area contributed by atoms with Crippen molar-refractivity contribution >= 4 is 38.1 Å². The molecule has 0 aromatic heterocycles. The van der Waals surface area contributed by atoms with E-state index in [4.69, 9.17) is 22.6 Å².